The molecule has 0 aliphatic carbocycles. The van der Waals surface area contributed by atoms with Crippen molar-refractivity contribution in [3.05, 3.63) is 59.9 Å². The van der Waals surface area contributed by atoms with Crippen LogP contribution >= 0.6 is 0 Å². The molecule has 0 unspecified atom stereocenters. The number of hydrogen-bond acceptors (Lipinski definition) is 4. The number of nitrogens with zero attached hydrogens (tertiary/aromatic N) is 2. The molecule has 1 saturated heterocycles. The molecule has 4 rings (SSSR count). The smallest absolute Gasteiger partial charge is 0.227 e. The number of piperazine rings is 1. The maximum Gasteiger partial charge on any atom is 0.227 e. The van der Waals surface area contributed by atoms with Gasteiger partial charge in [-0.1, -0.05) is 12.1 Å². The zero-order chi connectivity index (χ0) is 19.0. The van der Waals surface area contributed by atoms with Crippen molar-refractivity contribution in [2.45, 2.75) is 6.42 Å². The van der Waals surface area contributed by atoms with Crippen LogP contribution in [0.15, 0.2) is 47.1 Å². The van der Waals surface area contributed by atoms with Gasteiger partial charge in [0, 0.05) is 37.1 Å². The number of halogens is 2. The van der Waals surface area contributed by atoms with Gasteiger partial charge >= 0.3 is 0 Å². The molecule has 2 aromatic carbocycles. The van der Waals surface area contributed by atoms with E-state index in [1.165, 1.54) is 12.3 Å². The number of carbonyl (C=O) groups is 1. The summed E-state index contributed by atoms with van der Waals surface area (Å²) in [6.07, 6.45) is 1.37. The molecule has 1 aromatic heterocycles. The monoisotopic (exact) mass is 372 g/mol. The zero-order valence-corrected chi connectivity index (χ0v) is 14.5. The predicted octanol–water partition coefficient (Wildman–Crippen LogP) is 3.31. The van der Waals surface area contributed by atoms with Crippen LogP contribution in [0, 0.1) is 11.6 Å². The van der Waals surface area contributed by atoms with Crippen LogP contribution in [0.5, 0.6) is 5.75 Å². The number of carbonyl (C=O) groups excluding carboxylic acids is 1. The van der Waals surface area contributed by atoms with Gasteiger partial charge in [0.2, 0.25) is 11.7 Å². The predicted molar refractivity (Wildman–Crippen MR) is 96.7 cm³/mol. The van der Waals surface area contributed by atoms with Gasteiger partial charge in [0.05, 0.1) is 18.4 Å². The number of anilines is 1. The standard InChI is InChI=1S/C20H18F2N2O3/c21-15-6-5-14-13(12-27-20(14)19(15)22)11-18(26)24-9-7-23(8-10-24)16-3-1-2-4-17(16)25/h1-6,12,25H,7-11H2. The van der Waals surface area contributed by atoms with Crippen LogP contribution in [0.2, 0.25) is 0 Å². The largest absolute Gasteiger partial charge is 0.506 e. The number of furan rings is 1. The Balaban J connectivity index is 1.43. The number of benzene rings is 2. The van der Waals surface area contributed by atoms with Crippen molar-refractivity contribution in [1.82, 2.24) is 4.90 Å². The van der Waals surface area contributed by atoms with E-state index in [1.807, 2.05) is 17.0 Å². The highest BCUT2D eigenvalue weighted by atomic mass is 19.2. The van der Waals surface area contributed by atoms with Crippen LogP contribution in [0.1, 0.15) is 5.56 Å². The molecule has 1 aliphatic heterocycles. The molecule has 5 nitrogen and oxygen atoms in total. The Labute approximate surface area is 154 Å². The SMILES string of the molecule is O=C(Cc1coc2c(F)c(F)ccc12)N1CCN(c2ccccc2O)CC1. The highest BCUT2D eigenvalue weighted by Crippen LogP contribution is 2.28. The Kier molecular flexibility index (Phi) is 4.43. The highest BCUT2D eigenvalue weighted by molar-refractivity contribution is 5.88. The molecule has 0 radical (unpaired) electrons. The summed E-state index contributed by atoms with van der Waals surface area (Å²) in [4.78, 5) is 16.4. The van der Waals surface area contributed by atoms with E-state index in [2.05, 4.69) is 0 Å². The number of hydrogen-bond donors (Lipinski definition) is 1. The lowest BCUT2D eigenvalue weighted by atomic mass is 10.1. The summed E-state index contributed by atoms with van der Waals surface area (Å²) in [7, 11) is 0. The Bertz CT molecular complexity index is 994. The molecule has 1 aliphatic rings. The summed E-state index contributed by atoms with van der Waals surface area (Å²) < 4.78 is 32.1. The number of phenolic OH excluding ortho intramolecular Hbond substituents is 1. The van der Waals surface area contributed by atoms with Crippen molar-refractivity contribution < 1.29 is 23.1 Å². The van der Waals surface area contributed by atoms with Crippen LogP contribution in [0.4, 0.5) is 14.5 Å². The molecule has 3 aromatic rings. The molecule has 0 bridgehead atoms. The Morgan fingerprint density at radius 2 is 1.81 bits per heavy atom. The molecule has 1 N–H and O–H groups in total. The normalized spacial score (nSPS) is 14.7. The minimum absolute atomic E-state index is 0.0641. The molecule has 1 amide bonds. The van der Waals surface area contributed by atoms with Gasteiger partial charge in [-0.15, -0.1) is 0 Å². The van der Waals surface area contributed by atoms with Gasteiger partial charge in [0.25, 0.3) is 0 Å². The minimum Gasteiger partial charge on any atom is -0.506 e. The second kappa shape index (κ2) is 6.90. The molecule has 7 heteroatoms. The van der Waals surface area contributed by atoms with Crippen LogP contribution < -0.4 is 4.90 Å². The molecule has 2 heterocycles. The Morgan fingerprint density at radius 3 is 2.56 bits per heavy atom. The van der Waals surface area contributed by atoms with Gasteiger partial charge in [0.1, 0.15) is 5.75 Å². The van der Waals surface area contributed by atoms with E-state index < -0.39 is 11.6 Å². The van der Waals surface area contributed by atoms with Crippen LogP contribution in [-0.4, -0.2) is 42.1 Å². The van der Waals surface area contributed by atoms with Crippen LogP contribution in [-0.2, 0) is 11.2 Å². The average molecular weight is 372 g/mol. The molecular weight excluding hydrogens is 354 g/mol. The third kappa shape index (κ3) is 3.20. The summed E-state index contributed by atoms with van der Waals surface area (Å²) in [5, 5.41) is 10.4. The lowest BCUT2D eigenvalue weighted by molar-refractivity contribution is -0.130. The fourth-order valence-electron chi connectivity index (χ4n) is 3.43. The zero-order valence-electron chi connectivity index (χ0n) is 14.5. The number of fused-ring (bicyclic) bond motifs is 1. The van der Waals surface area contributed by atoms with Crippen molar-refractivity contribution in [2.24, 2.45) is 0 Å². The maximum absolute atomic E-state index is 13.8. The lowest BCUT2D eigenvalue weighted by Crippen LogP contribution is -2.49. The average Bonchev–Trinajstić information content (AvgIpc) is 3.08. The van der Waals surface area contributed by atoms with Gasteiger partial charge in [-0.05, 0) is 24.3 Å². The van der Waals surface area contributed by atoms with Crippen molar-refractivity contribution in [3.63, 3.8) is 0 Å². The van der Waals surface area contributed by atoms with Gasteiger partial charge in [-0.25, -0.2) is 4.39 Å². The van der Waals surface area contributed by atoms with Gasteiger partial charge in [-0.3, -0.25) is 4.79 Å². The van der Waals surface area contributed by atoms with Gasteiger partial charge < -0.3 is 19.3 Å². The molecule has 27 heavy (non-hydrogen) atoms. The fourth-order valence-corrected chi connectivity index (χ4v) is 3.43. The second-order valence-corrected chi connectivity index (χ2v) is 6.53. The molecule has 0 saturated carbocycles. The molecular formula is C20H18F2N2O3. The summed E-state index contributed by atoms with van der Waals surface area (Å²) in [6, 6.07) is 9.57. The quantitative estimate of drug-likeness (QED) is 0.766. The Hall–Kier alpha value is -3.09. The van der Waals surface area contributed by atoms with Crippen LogP contribution in [0.25, 0.3) is 11.0 Å². The van der Waals surface area contributed by atoms with E-state index in [1.54, 1.807) is 17.0 Å². The first-order chi connectivity index (χ1) is 13.0. The first kappa shape index (κ1) is 17.3. The van der Waals surface area contributed by atoms with Crippen molar-refractivity contribution >= 4 is 22.6 Å². The van der Waals surface area contributed by atoms with Gasteiger partial charge in [0.15, 0.2) is 11.4 Å². The van der Waals surface area contributed by atoms with E-state index >= 15 is 0 Å². The summed E-state index contributed by atoms with van der Waals surface area (Å²) in [5.74, 6) is -1.90. The maximum atomic E-state index is 13.8. The second-order valence-electron chi connectivity index (χ2n) is 6.53. The number of aromatic hydroxyl groups is 1. The third-order valence-corrected chi connectivity index (χ3v) is 4.91. The van der Waals surface area contributed by atoms with E-state index in [4.69, 9.17) is 4.42 Å². The molecule has 0 spiro atoms. The highest BCUT2D eigenvalue weighted by Gasteiger charge is 2.24. The first-order valence-corrected chi connectivity index (χ1v) is 8.69. The van der Waals surface area contributed by atoms with E-state index in [0.29, 0.717) is 37.1 Å². The van der Waals surface area contributed by atoms with Crippen molar-refractivity contribution in [3.8, 4) is 5.75 Å². The topological polar surface area (TPSA) is 56.9 Å². The third-order valence-electron chi connectivity index (χ3n) is 4.91. The van der Waals surface area contributed by atoms with E-state index in [0.717, 1.165) is 11.8 Å². The Morgan fingerprint density at radius 1 is 1.07 bits per heavy atom. The van der Waals surface area contributed by atoms with E-state index in [-0.39, 0.29) is 23.7 Å². The number of rotatable bonds is 3. The summed E-state index contributed by atoms with van der Waals surface area (Å²) in [5.41, 5.74) is 1.13. The van der Waals surface area contributed by atoms with Crippen molar-refractivity contribution in [1.29, 1.82) is 0 Å². The summed E-state index contributed by atoms with van der Waals surface area (Å²) >= 11 is 0. The molecule has 140 valence electrons. The summed E-state index contributed by atoms with van der Waals surface area (Å²) in [6.45, 7) is 2.25. The van der Waals surface area contributed by atoms with E-state index in [9.17, 15) is 18.7 Å². The first-order valence-electron chi connectivity index (χ1n) is 8.69. The molecule has 0 atom stereocenters. The molecule has 1 fully saturated rings. The van der Waals surface area contributed by atoms with Crippen molar-refractivity contribution in [2.75, 3.05) is 31.1 Å². The van der Waals surface area contributed by atoms with Crippen LogP contribution in [0.3, 0.4) is 0 Å². The number of amides is 1. The minimum atomic E-state index is -1.04. The number of phenols is 1. The lowest BCUT2D eigenvalue weighted by Gasteiger charge is -2.36. The number of para-hydroxylation sites is 2. The fraction of sp³-hybridized carbons (Fsp3) is 0.250. The van der Waals surface area contributed by atoms with Gasteiger partial charge in [-0.2, -0.15) is 4.39 Å².